The molecule has 0 spiro atoms. The molecule has 1 aromatic carbocycles. The summed E-state index contributed by atoms with van der Waals surface area (Å²) < 4.78 is 0. The van der Waals surface area contributed by atoms with Gasteiger partial charge in [0, 0.05) is 30.4 Å². The molecule has 0 N–H and O–H groups in total. The normalized spacial score (nSPS) is 10.2. The Kier molecular flexibility index (Phi) is 3.14. The Morgan fingerprint density at radius 1 is 1.24 bits per heavy atom. The summed E-state index contributed by atoms with van der Waals surface area (Å²) in [6.45, 7) is 1.98. The van der Waals surface area contributed by atoms with Crippen molar-refractivity contribution in [3.8, 4) is 0 Å². The van der Waals surface area contributed by atoms with Crippen molar-refractivity contribution in [2.45, 2.75) is 13.3 Å². The first-order chi connectivity index (χ1) is 8.18. The Hall–Kier alpha value is -2.23. The van der Waals surface area contributed by atoms with Crippen LogP contribution in [0.2, 0.25) is 0 Å². The minimum absolute atomic E-state index is 0.163. The van der Waals surface area contributed by atoms with Gasteiger partial charge in [-0.15, -0.1) is 0 Å². The first-order valence-corrected chi connectivity index (χ1v) is 5.30. The molecule has 0 atom stereocenters. The van der Waals surface area contributed by atoms with Gasteiger partial charge in [-0.25, -0.2) is 0 Å². The Morgan fingerprint density at radius 3 is 2.71 bits per heavy atom. The fraction of sp³-hybridized carbons (Fsp3) is 0.154. The van der Waals surface area contributed by atoms with Crippen LogP contribution in [0.1, 0.15) is 16.7 Å². The van der Waals surface area contributed by atoms with Gasteiger partial charge in [-0.1, -0.05) is 18.2 Å². The monoisotopic (exact) mass is 228 g/mol. The van der Waals surface area contributed by atoms with Crippen LogP contribution in [0.4, 0.5) is 5.69 Å². The van der Waals surface area contributed by atoms with E-state index in [0.29, 0.717) is 12.0 Å². The molecule has 0 radical (unpaired) electrons. The third kappa shape index (κ3) is 2.47. The van der Waals surface area contributed by atoms with Crippen molar-refractivity contribution in [2.24, 2.45) is 0 Å². The zero-order valence-electron chi connectivity index (χ0n) is 9.46. The molecule has 0 aliphatic carbocycles. The van der Waals surface area contributed by atoms with Crippen LogP contribution < -0.4 is 0 Å². The first kappa shape index (κ1) is 11.3. The van der Waals surface area contributed by atoms with Gasteiger partial charge in [-0.3, -0.25) is 15.1 Å². The van der Waals surface area contributed by atoms with E-state index in [4.69, 9.17) is 0 Å². The second kappa shape index (κ2) is 4.74. The number of pyridine rings is 1. The van der Waals surface area contributed by atoms with Gasteiger partial charge in [0.2, 0.25) is 0 Å². The molecule has 0 aliphatic rings. The summed E-state index contributed by atoms with van der Waals surface area (Å²) in [5.41, 5.74) is 2.99. The van der Waals surface area contributed by atoms with Gasteiger partial charge in [-0.2, -0.15) is 0 Å². The average Bonchev–Trinajstić information content (AvgIpc) is 2.32. The molecule has 0 saturated heterocycles. The van der Waals surface area contributed by atoms with Crippen LogP contribution in [0.25, 0.3) is 0 Å². The van der Waals surface area contributed by atoms with Gasteiger partial charge in [0.05, 0.1) is 4.92 Å². The number of para-hydroxylation sites is 1. The average molecular weight is 228 g/mol. The lowest BCUT2D eigenvalue weighted by atomic mass is 10.0. The molecule has 17 heavy (non-hydrogen) atoms. The molecular weight excluding hydrogens is 216 g/mol. The molecule has 1 aromatic heterocycles. The van der Waals surface area contributed by atoms with Gasteiger partial charge in [0.1, 0.15) is 0 Å². The van der Waals surface area contributed by atoms with E-state index in [1.54, 1.807) is 24.5 Å². The molecule has 86 valence electrons. The predicted molar refractivity (Wildman–Crippen MR) is 64.9 cm³/mol. The summed E-state index contributed by atoms with van der Waals surface area (Å²) >= 11 is 0. The quantitative estimate of drug-likeness (QED) is 0.599. The number of nitro benzene ring substituents is 1. The number of nitro groups is 1. The zero-order valence-corrected chi connectivity index (χ0v) is 9.46. The van der Waals surface area contributed by atoms with Crippen molar-refractivity contribution in [3.63, 3.8) is 0 Å². The van der Waals surface area contributed by atoms with Crippen LogP contribution in [0.5, 0.6) is 0 Å². The maximum Gasteiger partial charge on any atom is 0.272 e. The lowest BCUT2D eigenvalue weighted by molar-refractivity contribution is -0.385. The van der Waals surface area contributed by atoms with Crippen LogP contribution in [-0.2, 0) is 6.42 Å². The number of nitrogens with zero attached hydrogens (tertiary/aromatic N) is 2. The highest BCUT2D eigenvalue weighted by molar-refractivity contribution is 5.43. The van der Waals surface area contributed by atoms with Crippen LogP contribution in [0.3, 0.4) is 0 Å². The fourth-order valence-electron chi connectivity index (χ4n) is 1.73. The number of rotatable bonds is 3. The van der Waals surface area contributed by atoms with Crippen molar-refractivity contribution >= 4 is 5.69 Å². The number of aromatic nitrogens is 1. The van der Waals surface area contributed by atoms with E-state index < -0.39 is 0 Å². The Balaban J connectivity index is 2.37. The largest absolute Gasteiger partial charge is 0.272 e. The van der Waals surface area contributed by atoms with E-state index in [0.717, 1.165) is 11.1 Å². The van der Waals surface area contributed by atoms with Crippen LogP contribution in [0.15, 0.2) is 42.7 Å². The summed E-state index contributed by atoms with van der Waals surface area (Å²) in [7, 11) is 0. The summed E-state index contributed by atoms with van der Waals surface area (Å²) in [5, 5.41) is 10.9. The van der Waals surface area contributed by atoms with Crippen LogP contribution >= 0.6 is 0 Å². The summed E-state index contributed by atoms with van der Waals surface area (Å²) in [6, 6.07) is 8.71. The standard InChI is InChI=1S/C13H12N2O2/c1-10-6-7-14-9-12(10)8-11-4-2-3-5-13(11)15(16)17/h2-7,9H,8H2,1H3. The SMILES string of the molecule is Cc1ccncc1Cc1ccccc1[N+](=O)[O-]. The second-order valence-corrected chi connectivity index (χ2v) is 3.86. The molecule has 0 aliphatic heterocycles. The number of hydrogen-bond acceptors (Lipinski definition) is 3. The maximum absolute atomic E-state index is 10.9. The van der Waals surface area contributed by atoms with Crippen molar-refractivity contribution < 1.29 is 4.92 Å². The molecular formula is C13H12N2O2. The van der Waals surface area contributed by atoms with Gasteiger partial charge in [0.25, 0.3) is 5.69 Å². The molecule has 2 aromatic rings. The molecule has 4 nitrogen and oxygen atoms in total. The molecule has 2 rings (SSSR count). The third-order valence-corrected chi connectivity index (χ3v) is 2.72. The lowest BCUT2D eigenvalue weighted by Gasteiger charge is -2.05. The van der Waals surface area contributed by atoms with E-state index in [1.165, 1.54) is 6.07 Å². The van der Waals surface area contributed by atoms with Crippen LogP contribution in [-0.4, -0.2) is 9.91 Å². The smallest absolute Gasteiger partial charge is 0.264 e. The van der Waals surface area contributed by atoms with E-state index >= 15 is 0 Å². The molecule has 1 heterocycles. The molecule has 0 bridgehead atoms. The van der Waals surface area contributed by atoms with Gasteiger partial charge < -0.3 is 0 Å². The summed E-state index contributed by atoms with van der Waals surface area (Å²) in [4.78, 5) is 14.6. The fourth-order valence-corrected chi connectivity index (χ4v) is 1.73. The topological polar surface area (TPSA) is 56.0 Å². The first-order valence-electron chi connectivity index (χ1n) is 5.30. The number of aryl methyl sites for hydroxylation is 1. The highest BCUT2D eigenvalue weighted by atomic mass is 16.6. The highest BCUT2D eigenvalue weighted by Gasteiger charge is 2.13. The molecule has 0 amide bonds. The second-order valence-electron chi connectivity index (χ2n) is 3.86. The van der Waals surface area contributed by atoms with Gasteiger partial charge >= 0.3 is 0 Å². The van der Waals surface area contributed by atoms with E-state index in [9.17, 15) is 10.1 Å². The minimum Gasteiger partial charge on any atom is -0.264 e. The van der Waals surface area contributed by atoms with Gasteiger partial charge in [0.15, 0.2) is 0 Å². The summed E-state index contributed by atoms with van der Waals surface area (Å²) in [6.07, 6.45) is 4.02. The van der Waals surface area contributed by atoms with Crippen LogP contribution in [0, 0.1) is 17.0 Å². The van der Waals surface area contributed by atoms with E-state index in [2.05, 4.69) is 4.98 Å². The zero-order chi connectivity index (χ0) is 12.3. The molecule has 4 heteroatoms. The Bertz CT molecular complexity index is 553. The van der Waals surface area contributed by atoms with Crippen molar-refractivity contribution in [2.75, 3.05) is 0 Å². The lowest BCUT2D eigenvalue weighted by Crippen LogP contribution is -1.98. The van der Waals surface area contributed by atoms with Crippen molar-refractivity contribution in [1.29, 1.82) is 0 Å². The third-order valence-electron chi connectivity index (χ3n) is 2.72. The number of hydrogen-bond donors (Lipinski definition) is 0. The molecule has 0 fully saturated rings. The van der Waals surface area contributed by atoms with Crippen molar-refractivity contribution in [1.82, 2.24) is 4.98 Å². The highest BCUT2D eigenvalue weighted by Crippen LogP contribution is 2.21. The van der Waals surface area contributed by atoms with Crippen molar-refractivity contribution in [3.05, 3.63) is 69.5 Å². The Labute approximate surface area is 99.1 Å². The number of benzene rings is 1. The Morgan fingerprint density at radius 2 is 2.00 bits per heavy atom. The van der Waals surface area contributed by atoms with E-state index in [1.807, 2.05) is 19.1 Å². The summed E-state index contributed by atoms with van der Waals surface area (Å²) in [5.74, 6) is 0. The predicted octanol–water partition coefficient (Wildman–Crippen LogP) is 2.89. The van der Waals surface area contributed by atoms with E-state index in [-0.39, 0.29) is 10.6 Å². The minimum atomic E-state index is -0.346. The molecule has 0 saturated carbocycles. The van der Waals surface area contributed by atoms with Gasteiger partial charge in [-0.05, 0) is 24.1 Å². The maximum atomic E-state index is 10.9. The molecule has 0 unspecified atom stereocenters.